The van der Waals surface area contributed by atoms with E-state index >= 15 is 0 Å². The number of Topliss-reactive ketones (excluding diaryl/α,β-unsaturated/α-hetero) is 1. The predicted molar refractivity (Wildman–Crippen MR) is 117 cm³/mol. The molecule has 0 spiro atoms. The van der Waals surface area contributed by atoms with Crippen LogP contribution in [-0.4, -0.2) is 34.9 Å². The molecule has 0 aliphatic carbocycles. The smallest absolute Gasteiger partial charge is 0.339 e. The maximum Gasteiger partial charge on any atom is 0.339 e. The molecular weight excluding hydrogens is 422 g/mol. The highest BCUT2D eigenvalue weighted by molar-refractivity contribution is 6.31. The number of aromatic carboxylic acids is 1. The molecule has 164 valence electrons. The Morgan fingerprint density at radius 3 is 2.74 bits per heavy atom. The number of nitrogens with one attached hydrogen (secondary N) is 1. The van der Waals surface area contributed by atoms with Crippen LogP contribution in [0.5, 0.6) is 11.5 Å². The topological polar surface area (TPSA) is 105 Å². The number of hydrogen-bond donors (Lipinski definition) is 3. The second-order valence-corrected chi connectivity index (χ2v) is 7.57. The lowest BCUT2D eigenvalue weighted by molar-refractivity contribution is -0.0573. The number of carboxylic acids is 1. The van der Waals surface area contributed by atoms with Crippen molar-refractivity contribution < 1.29 is 29.3 Å². The number of carbonyl (C=O) groups excluding carboxylic acids is 1. The molecule has 0 fully saturated rings. The van der Waals surface area contributed by atoms with Gasteiger partial charge >= 0.3 is 5.97 Å². The number of unbranched alkanes of at least 4 members (excludes halogenated alkanes) is 3. The Labute approximate surface area is 185 Å². The van der Waals surface area contributed by atoms with E-state index in [1.54, 1.807) is 12.1 Å². The van der Waals surface area contributed by atoms with Crippen molar-refractivity contribution in [3.8, 4) is 11.5 Å². The van der Waals surface area contributed by atoms with Gasteiger partial charge in [-0.3, -0.25) is 4.79 Å². The van der Waals surface area contributed by atoms with Gasteiger partial charge in [-0.05, 0) is 36.8 Å². The third-order valence-electron chi connectivity index (χ3n) is 4.83. The van der Waals surface area contributed by atoms with E-state index in [9.17, 15) is 14.7 Å². The molecule has 1 aliphatic heterocycles. The molecule has 1 unspecified atom stereocenters. The molecule has 7 nitrogen and oxygen atoms in total. The summed E-state index contributed by atoms with van der Waals surface area (Å²) in [5, 5.41) is 22.2. The number of ether oxygens (including phenoxy) is 2. The second kappa shape index (κ2) is 10.3. The van der Waals surface area contributed by atoms with E-state index in [4.69, 9.17) is 26.2 Å². The van der Waals surface area contributed by atoms with Crippen molar-refractivity contribution in [3.05, 3.63) is 64.3 Å². The van der Waals surface area contributed by atoms with E-state index < -0.39 is 12.3 Å². The summed E-state index contributed by atoms with van der Waals surface area (Å²) in [5.74, 6) is -1.51. The number of carbonyl (C=O) groups is 2. The van der Waals surface area contributed by atoms with E-state index in [2.05, 4.69) is 12.2 Å². The molecule has 1 atom stereocenters. The molecule has 2 aromatic carbocycles. The molecule has 31 heavy (non-hydrogen) atoms. The summed E-state index contributed by atoms with van der Waals surface area (Å²) in [6.07, 6.45) is 4.63. The minimum Gasteiger partial charge on any atom is -0.507 e. The Morgan fingerprint density at radius 1 is 1.23 bits per heavy atom. The molecule has 3 rings (SSSR count). The standard InChI is InChI=1S/C23H24ClNO6/c1-2-3-4-5-10-30-23-18(21(27)17-11-14(24)6-9-20(17)31-23)13-25-15-7-8-16(22(28)29)19(26)12-15/h6-9,11-13,23,25-26H,2-5,10H2,1H3,(H,28,29)/b18-13+. The monoisotopic (exact) mass is 445 g/mol. The maximum absolute atomic E-state index is 13.1. The first-order valence-corrected chi connectivity index (χ1v) is 10.4. The first-order chi connectivity index (χ1) is 14.9. The van der Waals surface area contributed by atoms with Crippen LogP contribution < -0.4 is 10.1 Å². The summed E-state index contributed by atoms with van der Waals surface area (Å²) < 4.78 is 11.8. The summed E-state index contributed by atoms with van der Waals surface area (Å²) in [5.41, 5.74) is 0.760. The van der Waals surface area contributed by atoms with Crippen molar-refractivity contribution >= 4 is 29.0 Å². The lowest BCUT2D eigenvalue weighted by Gasteiger charge is -2.27. The Morgan fingerprint density at radius 2 is 2.03 bits per heavy atom. The summed E-state index contributed by atoms with van der Waals surface area (Å²) in [6.45, 7) is 2.56. The van der Waals surface area contributed by atoms with Crippen molar-refractivity contribution in [2.45, 2.75) is 38.9 Å². The molecule has 3 N–H and O–H groups in total. The van der Waals surface area contributed by atoms with Crippen LogP contribution in [0.2, 0.25) is 5.02 Å². The summed E-state index contributed by atoms with van der Waals surface area (Å²) >= 11 is 6.04. The highest BCUT2D eigenvalue weighted by Crippen LogP contribution is 2.33. The molecule has 2 aromatic rings. The van der Waals surface area contributed by atoms with Crippen molar-refractivity contribution in [2.24, 2.45) is 0 Å². The van der Waals surface area contributed by atoms with E-state index in [0.29, 0.717) is 28.6 Å². The van der Waals surface area contributed by atoms with Gasteiger partial charge in [0, 0.05) is 23.0 Å². The SMILES string of the molecule is CCCCCCOC1Oc2ccc(Cl)cc2C(=O)/C1=C\Nc1ccc(C(=O)O)c(O)c1. The predicted octanol–water partition coefficient (Wildman–Crippen LogP) is 5.24. The van der Waals surface area contributed by atoms with E-state index in [1.807, 2.05) is 0 Å². The number of aromatic hydroxyl groups is 1. The van der Waals surface area contributed by atoms with Gasteiger partial charge < -0.3 is 25.0 Å². The van der Waals surface area contributed by atoms with E-state index in [-0.39, 0.29) is 22.7 Å². The fourth-order valence-corrected chi connectivity index (χ4v) is 3.34. The van der Waals surface area contributed by atoms with Gasteiger partial charge in [0.15, 0.2) is 0 Å². The van der Waals surface area contributed by atoms with Crippen molar-refractivity contribution in [1.82, 2.24) is 0 Å². The van der Waals surface area contributed by atoms with Gasteiger partial charge in [0.2, 0.25) is 12.1 Å². The van der Waals surface area contributed by atoms with Crippen LogP contribution in [0.4, 0.5) is 5.69 Å². The number of fused-ring (bicyclic) bond motifs is 1. The van der Waals surface area contributed by atoms with Crippen LogP contribution >= 0.6 is 11.6 Å². The number of ketones is 1. The average Bonchev–Trinajstić information content (AvgIpc) is 2.73. The van der Waals surface area contributed by atoms with Crippen LogP contribution in [0, 0.1) is 0 Å². The van der Waals surface area contributed by atoms with Gasteiger partial charge in [-0.25, -0.2) is 4.79 Å². The first-order valence-electron chi connectivity index (χ1n) is 10.1. The fourth-order valence-electron chi connectivity index (χ4n) is 3.16. The van der Waals surface area contributed by atoms with Crippen LogP contribution in [0.25, 0.3) is 0 Å². The second-order valence-electron chi connectivity index (χ2n) is 7.13. The maximum atomic E-state index is 13.1. The van der Waals surface area contributed by atoms with Crippen molar-refractivity contribution in [3.63, 3.8) is 0 Å². The Balaban J connectivity index is 1.83. The van der Waals surface area contributed by atoms with Crippen LogP contribution in [-0.2, 0) is 4.74 Å². The summed E-state index contributed by atoms with van der Waals surface area (Å²) in [7, 11) is 0. The van der Waals surface area contributed by atoms with Crippen LogP contribution in [0.1, 0.15) is 53.3 Å². The average molecular weight is 446 g/mol. The number of anilines is 1. The highest BCUT2D eigenvalue weighted by atomic mass is 35.5. The van der Waals surface area contributed by atoms with Gasteiger partial charge in [-0.1, -0.05) is 37.8 Å². The van der Waals surface area contributed by atoms with Gasteiger partial charge in [0.1, 0.15) is 17.1 Å². The number of carboxylic acid groups (broad SMARTS) is 1. The normalized spacial score (nSPS) is 16.6. The molecule has 1 heterocycles. The molecule has 0 saturated carbocycles. The Bertz CT molecular complexity index is 1000. The molecule has 8 heteroatoms. The molecular formula is C23H24ClNO6. The third-order valence-corrected chi connectivity index (χ3v) is 5.06. The number of benzene rings is 2. The van der Waals surface area contributed by atoms with Gasteiger partial charge in [0.05, 0.1) is 17.7 Å². The van der Waals surface area contributed by atoms with Crippen LogP contribution in [0.3, 0.4) is 0 Å². The minimum atomic E-state index is -1.23. The van der Waals surface area contributed by atoms with E-state index in [1.165, 1.54) is 30.5 Å². The van der Waals surface area contributed by atoms with Crippen molar-refractivity contribution in [1.29, 1.82) is 0 Å². The summed E-state index contributed by atoms with van der Waals surface area (Å²) in [4.78, 5) is 24.1. The van der Waals surface area contributed by atoms with Gasteiger partial charge in [0.25, 0.3) is 0 Å². The Kier molecular flexibility index (Phi) is 7.55. The van der Waals surface area contributed by atoms with Crippen LogP contribution in [0.15, 0.2) is 48.2 Å². The molecule has 1 aliphatic rings. The molecule has 0 saturated heterocycles. The van der Waals surface area contributed by atoms with Gasteiger partial charge in [-0.2, -0.15) is 0 Å². The number of rotatable bonds is 9. The van der Waals surface area contributed by atoms with Gasteiger partial charge in [-0.15, -0.1) is 0 Å². The third kappa shape index (κ3) is 5.57. The zero-order valence-corrected chi connectivity index (χ0v) is 17.8. The highest BCUT2D eigenvalue weighted by Gasteiger charge is 2.33. The molecule has 0 aromatic heterocycles. The molecule has 0 amide bonds. The zero-order valence-electron chi connectivity index (χ0n) is 17.1. The molecule has 0 radical (unpaired) electrons. The minimum absolute atomic E-state index is 0.216. The lowest BCUT2D eigenvalue weighted by atomic mass is 10.00. The quantitative estimate of drug-likeness (QED) is 0.358. The largest absolute Gasteiger partial charge is 0.507 e. The fraction of sp³-hybridized carbons (Fsp3) is 0.304. The number of phenols is 1. The molecule has 0 bridgehead atoms. The van der Waals surface area contributed by atoms with E-state index in [0.717, 1.165) is 25.7 Å². The summed E-state index contributed by atoms with van der Waals surface area (Å²) in [6, 6.07) is 8.84. The zero-order chi connectivity index (χ0) is 22.4. The Hall–Kier alpha value is -3.03. The number of halogens is 1. The van der Waals surface area contributed by atoms with Crippen molar-refractivity contribution in [2.75, 3.05) is 11.9 Å². The lowest BCUT2D eigenvalue weighted by Crippen LogP contribution is -2.33. The first kappa shape index (κ1) is 22.7. The number of hydrogen-bond acceptors (Lipinski definition) is 6.